The van der Waals surface area contributed by atoms with Crippen LogP contribution in [0.3, 0.4) is 0 Å². The average molecular weight is 597 g/mol. The normalized spacial score (nSPS) is 37.9. The maximum absolute atomic E-state index is 13.8. The Morgan fingerprint density at radius 1 is 1.10 bits per heavy atom. The first-order valence-corrected chi connectivity index (χ1v) is 15.2. The number of ketones is 3. The lowest BCUT2D eigenvalue weighted by atomic mass is 9.44. The van der Waals surface area contributed by atoms with E-state index in [1.54, 1.807) is 6.92 Å². The fraction of sp³-hybridized carbons (Fsp3) is 0.852. The minimum atomic E-state index is -6.27. The zero-order valence-electron chi connectivity index (χ0n) is 22.7. The van der Waals surface area contributed by atoms with Crippen LogP contribution in [0.15, 0.2) is 0 Å². The summed E-state index contributed by atoms with van der Waals surface area (Å²) in [6, 6.07) is 0. The van der Waals surface area contributed by atoms with Gasteiger partial charge in [-0.1, -0.05) is 20.8 Å². The molecule has 0 saturated heterocycles. The smallest absolute Gasteiger partial charge is 0.411 e. The van der Waals surface area contributed by atoms with E-state index in [0.717, 1.165) is 0 Å². The topological polar surface area (TPSA) is 132 Å². The van der Waals surface area contributed by atoms with Gasteiger partial charge in [0, 0.05) is 43.4 Å². The third-order valence-corrected chi connectivity index (χ3v) is 11.8. The van der Waals surface area contributed by atoms with Crippen molar-refractivity contribution in [2.45, 2.75) is 96.3 Å². The lowest BCUT2D eigenvalue weighted by Crippen LogP contribution is -2.60. The van der Waals surface area contributed by atoms with E-state index in [0.29, 0.717) is 38.5 Å². The molecule has 4 saturated carbocycles. The van der Waals surface area contributed by atoms with Crippen LogP contribution in [-0.2, 0) is 34.0 Å². The number of hydrogen-bond acceptors (Lipinski definition) is 7. The molecule has 0 aliphatic heterocycles. The first-order chi connectivity index (χ1) is 18.4. The molecule has 0 bridgehead atoms. The van der Waals surface area contributed by atoms with E-state index >= 15 is 0 Å². The van der Waals surface area contributed by atoms with Crippen molar-refractivity contribution in [3.63, 3.8) is 0 Å². The SMILES string of the molecule is CC(CCC(=O)OC(C(F)F)C(F)(F)S(=O)(=O)O)[C@H]1CC[C@H]2[C@@H]3C(=O)C[C@@H]4CC(=O)CC[C@]4(C)[C@H]3CC(=O)[C@]12C. The van der Waals surface area contributed by atoms with Gasteiger partial charge in [-0.2, -0.15) is 17.2 Å². The maximum atomic E-state index is 13.8. The Kier molecular flexibility index (Phi) is 8.10. The molecule has 40 heavy (non-hydrogen) atoms. The highest BCUT2D eigenvalue weighted by atomic mass is 32.2. The van der Waals surface area contributed by atoms with Crippen LogP contribution in [0, 0.1) is 46.3 Å². The third kappa shape index (κ3) is 4.92. The Hall–Kier alpha value is -1.89. The first kappa shape index (κ1) is 31.1. The molecular weight excluding hydrogens is 560 g/mol. The third-order valence-electron chi connectivity index (χ3n) is 10.9. The Morgan fingerprint density at radius 2 is 1.75 bits per heavy atom. The number of carbonyl (C=O) groups is 4. The van der Waals surface area contributed by atoms with Crippen LogP contribution < -0.4 is 0 Å². The fourth-order valence-electron chi connectivity index (χ4n) is 8.55. The van der Waals surface area contributed by atoms with Gasteiger partial charge >= 0.3 is 21.3 Å². The predicted molar refractivity (Wildman–Crippen MR) is 132 cm³/mol. The summed E-state index contributed by atoms with van der Waals surface area (Å²) in [6.07, 6.45) is -5.15. The summed E-state index contributed by atoms with van der Waals surface area (Å²) in [5.41, 5.74) is -1.14. The highest BCUT2D eigenvalue weighted by Gasteiger charge is 2.66. The average Bonchev–Trinajstić information content (AvgIpc) is 3.20. The van der Waals surface area contributed by atoms with Crippen molar-refractivity contribution in [2.24, 2.45) is 46.3 Å². The number of fused-ring (bicyclic) bond motifs is 5. The molecule has 0 amide bonds. The van der Waals surface area contributed by atoms with E-state index < -0.39 is 45.7 Å². The van der Waals surface area contributed by atoms with Crippen LogP contribution in [0.1, 0.15) is 78.6 Å². The first-order valence-electron chi connectivity index (χ1n) is 13.8. The molecule has 13 heteroatoms. The number of esters is 1. The fourth-order valence-corrected chi connectivity index (χ4v) is 9.00. The summed E-state index contributed by atoms with van der Waals surface area (Å²) in [4.78, 5) is 51.6. The van der Waals surface area contributed by atoms with E-state index in [2.05, 4.69) is 11.7 Å². The van der Waals surface area contributed by atoms with Crippen LogP contribution >= 0.6 is 0 Å². The Labute approximate surface area is 230 Å². The highest BCUT2D eigenvalue weighted by molar-refractivity contribution is 7.86. The van der Waals surface area contributed by atoms with Crippen molar-refractivity contribution in [3.8, 4) is 0 Å². The molecule has 0 radical (unpaired) electrons. The van der Waals surface area contributed by atoms with Gasteiger partial charge in [0.15, 0.2) is 0 Å². The van der Waals surface area contributed by atoms with Gasteiger partial charge in [-0.25, -0.2) is 8.78 Å². The zero-order valence-corrected chi connectivity index (χ0v) is 23.5. The molecule has 0 aromatic heterocycles. The lowest BCUT2D eigenvalue weighted by Gasteiger charge is -2.58. The number of Topliss-reactive ketones (excluding diaryl/α,β-unsaturated/α-hetero) is 3. The zero-order chi connectivity index (χ0) is 30.0. The number of carbonyl (C=O) groups excluding carboxylic acids is 4. The van der Waals surface area contributed by atoms with Gasteiger partial charge in [-0.15, -0.1) is 0 Å². The molecule has 226 valence electrons. The second-order valence-electron chi connectivity index (χ2n) is 12.7. The molecule has 2 unspecified atom stereocenters. The molecule has 4 aliphatic rings. The Morgan fingerprint density at radius 3 is 2.35 bits per heavy atom. The van der Waals surface area contributed by atoms with Crippen LogP contribution in [0.25, 0.3) is 0 Å². The number of alkyl halides is 4. The van der Waals surface area contributed by atoms with Gasteiger partial charge in [0.25, 0.3) is 6.43 Å². The van der Waals surface area contributed by atoms with E-state index in [1.807, 2.05) is 6.92 Å². The maximum Gasteiger partial charge on any atom is 0.411 e. The molecule has 4 rings (SSSR count). The monoisotopic (exact) mass is 596 g/mol. The van der Waals surface area contributed by atoms with E-state index in [1.165, 1.54) is 0 Å². The van der Waals surface area contributed by atoms with Crippen molar-refractivity contribution in [1.29, 1.82) is 0 Å². The highest BCUT2D eigenvalue weighted by Crippen LogP contribution is 2.66. The van der Waals surface area contributed by atoms with Gasteiger partial charge in [0.05, 0.1) is 0 Å². The molecule has 9 atom stereocenters. The van der Waals surface area contributed by atoms with Crippen molar-refractivity contribution in [1.82, 2.24) is 0 Å². The van der Waals surface area contributed by atoms with Gasteiger partial charge in [0.1, 0.15) is 17.3 Å². The van der Waals surface area contributed by atoms with Crippen molar-refractivity contribution < 1.29 is 54.4 Å². The van der Waals surface area contributed by atoms with Crippen LogP contribution in [0.5, 0.6) is 0 Å². The number of rotatable bonds is 8. The molecule has 8 nitrogen and oxygen atoms in total. The molecule has 0 heterocycles. The van der Waals surface area contributed by atoms with E-state index in [-0.39, 0.29) is 71.1 Å². The lowest BCUT2D eigenvalue weighted by molar-refractivity contribution is -0.180. The summed E-state index contributed by atoms with van der Waals surface area (Å²) in [7, 11) is -6.27. The minimum absolute atomic E-state index is 0.00353. The van der Waals surface area contributed by atoms with Gasteiger partial charge in [-0.3, -0.25) is 23.7 Å². The molecule has 0 spiro atoms. The second-order valence-corrected chi connectivity index (χ2v) is 14.2. The Bertz CT molecular complexity index is 1190. The summed E-state index contributed by atoms with van der Waals surface area (Å²) >= 11 is 0. The van der Waals surface area contributed by atoms with Gasteiger partial charge in [0.2, 0.25) is 6.10 Å². The van der Waals surface area contributed by atoms with Gasteiger partial charge in [-0.05, 0) is 60.7 Å². The number of ether oxygens (including phenoxy) is 1. The number of halogens is 4. The van der Waals surface area contributed by atoms with Crippen LogP contribution in [0.2, 0.25) is 0 Å². The molecule has 4 fully saturated rings. The standard InChI is InChI=1S/C27H36F4O8S/c1-13(4-7-21(35)39-23(24(28)29)27(30,31)40(36,37)38)16-5-6-17-22-18(12-20(34)26(16,17)3)25(2)9-8-15(32)10-14(25)11-19(22)33/h13-14,16-18,22-24H,4-12H2,1-3H3,(H,36,37,38)/t13?,14-,16+,17-,18-,22-,23?,25-,26+/m0/s1. The minimum Gasteiger partial charge on any atom is -0.448 e. The summed E-state index contributed by atoms with van der Waals surface area (Å²) in [5, 5.41) is -5.40. The van der Waals surface area contributed by atoms with Crippen LogP contribution in [-0.4, -0.2) is 54.1 Å². The summed E-state index contributed by atoms with van der Waals surface area (Å²) in [6.45, 7) is 5.70. The molecule has 1 N–H and O–H groups in total. The quantitative estimate of drug-likeness (QED) is 0.243. The molecule has 0 aromatic carbocycles. The molecule has 4 aliphatic carbocycles. The molecule has 0 aromatic rings. The van der Waals surface area contributed by atoms with Crippen LogP contribution in [0.4, 0.5) is 17.6 Å². The van der Waals surface area contributed by atoms with Crippen molar-refractivity contribution in [2.75, 3.05) is 0 Å². The van der Waals surface area contributed by atoms with Gasteiger partial charge < -0.3 is 4.74 Å². The van der Waals surface area contributed by atoms with E-state index in [9.17, 15) is 45.2 Å². The number of hydrogen-bond donors (Lipinski definition) is 1. The second kappa shape index (κ2) is 10.4. The molecular formula is C27H36F4O8S. The predicted octanol–water partition coefficient (Wildman–Crippen LogP) is 4.65. The van der Waals surface area contributed by atoms with Crippen molar-refractivity contribution >= 4 is 33.4 Å². The van der Waals surface area contributed by atoms with E-state index in [4.69, 9.17) is 4.55 Å². The summed E-state index contributed by atoms with van der Waals surface area (Å²) < 4.78 is 88.2. The summed E-state index contributed by atoms with van der Waals surface area (Å²) in [5.74, 6) is -2.55. The van der Waals surface area contributed by atoms with Crippen molar-refractivity contribution in [3.05, 3.63) is 0 Å². The Balaban J connectivity index is 1.46. The largest absolute Gasteiger partial charge is 0.448 e.